The molecule has 1 aliphatic heterocycles. The van der Waals surface area contributed by atoms with Gasteiger partial charge in [-0.3, -0.25) is 14.5 Å². The van der Waals surface area contributed by atoms with Crippen LogP contribution >= 0.6 is 11.6 Å². The van der Waals surface area contributed by atoms with Crippen molar-refractivity contribution in [3.63, 3.8) is 0 Å². The molecule has 0 saturated carbocycles. The van der Waals surface area contributed by atoms with Gasteiger partial charge in [0.05, 0.1) is 5.57 Å². The fourth-order valence-electron chi connectivity index (χ4n) is 3.69. The number of amides is 2. The Morgan fingerprint density at radius 3 is 2.28 bits per heavy atom. The first-order valence-electron chi connectivity index (χ1n) is 10.3. The molecule has 2 amide bonds. The molecule has 0 bridgehead atoms. The minimum Gasteiger partial charge on any atom is -0.350 e. The first-order chi connectivity index (χ1) is 15.3. The summed E-state index contributed by atoms with van der Waals surface area (Å²) < 4.78 is 13.2. The Morgan fingerprint density at radius 1 is 0.906 bits per heavy atom. The molecule has 0 saturated heterocycles. The van der Waals surface area contributed by atoms with E-state index in [1.54, 1.807) is 36.4 Å². The van der Waals surface area contributed by atoms with Crippen LogP contribution in [0.25, 0.3) is 5.57 Å². The average Bonchev–Trinajstić information content (AvgIpc) is 3.01. The largest absolute Gasteiger partial charge is 0.350 e. The number of hydrogen-bond donors (Lipinski definition) is 1. The second kappa shape index (κ2) is 8.97. The Hall–Kier alpha value is -3.44. The van der Waals surface area contributed by atoms with Crippen molar-refractivity contribution < 1.29 is 14.0 Å². The maximum Gasteiger partial charge on any atom is 0.278 e. The molecule has 3 aromatic rings. The number of carbonyl (C=O) groups is 2. The van der Waals surface area contributed by atoms with Gasteiger partial charge < -0.3 is 5.32 Å². The van der Waals surface area contributed by atoms with Crippen LogP contribution in [0.15, 0.2) is 72.4 Å². The van der Waals surface area contributed by atoms with Gasteiger partial charge in [-0.2, -0.15) is 0 Å². The summed E-state index contributed by atoms with van der Waals surface area (Å²) in [7, 11) is 0. The molecule has 3 aromatic carbocycles. The number of nitrogens with zero attached hydrogens (tertiary/aromatic N) is 1. The van der Waals surface area contributed by atoms with Crippen LogP contribution in [0.2, 0.25) is 5.02 Å². The molecule has 1 heterocycles. The first kappa shape index (κ1) is 21.8. The molecule has 162 valence electrons. The van der Waals surface area contributed by atoms with E-state index in [0.29, 0.717) is 22.6 Å². The Bertz CT molecular complexity index is 1220. The highest BCUT2D eigenvalue weighted by Gasteiger charge is 2.39. The van der Waals surface area contributed by atoms with E-state index in [2.05, 4.69) is 5.32 Å². The van der Waals surface area contributed by atoms with Gasteiger partial charge in [0.2, 0.25) is 0 Å². The number of benzene rings is 3. The van der Waals surface area contributed by atoms with Crippen LogP contribution < -0.4 is 5.32 Å². The summed E-state index contributed by atoms with van der Waals surface area (Å²) in [6.45, 7) is 4.15. The third-order valence-electron chi connectivity index (χ3n) is 5.70. The summed E-state index contributed by atoms with van der Waals surface area (Å²) in [6, 6.07) is 18.7. The maximum absolute atomic E-state index is 13.3. The Kier molecular flexibility index (Phi) is 6.10. The molecule has 0 atom stereocenters. The average molecular weight is 449 g/mol. The second-order valence-corrected chi connectivity index (χ2v) is 8.20. The van der Waals surface area contributed by atoms with E-state index in [4.69, 9.17) is 11.6 Å². The van der Waals surface area contributed by atoms with Crippen molar-refractivity contribution in [1.82, 2.24) is 4.90 Å². The number of anilines is 1. The smallest absolute Gasteiger partial charge is 0.278 e. The predicted molar refractivity (Wildman–Crippen MR) is 125 cm³/mol. The minimum atomic E-state index is -0.386. The molecule has 1 aliphatic rings. The van der Waals surface area contributed by atoms with E-state index >= 15 is 0 Å². The third kappa shape index (κ3) is 4.30. The highest BCUT2D eigenvalue weighted by molar-refractivity contribution is 6.37. The van der Waals surface area contributed by atoms with Crippen molar-refractivity contribution in [2.75, 3.05) is 11.9 Å². The van der Waals surface area contributed by atoms with Crippen molar-refractivity contribution in [3.05, 3.63) is 106 Å². The second-order valence-electron chi connectivity index (χ2n) is 7.77. The van der Waals surface area contributed by atoms with Crippen LogP contribution in [0.3, 0.4) is 0 Å². The summed E-state index contributed by atoms with van der Waals surface area (Å²) in [4.78, 5) is 27.9. The highest BCUT2D eigenvalue weighted by Crippen LogP contribution is 2.32. The summed E-state index contributed by atoms with van der Waals surface area (Å²) in [6.07, 6.45) is 0.433. The zero-order valence-electron chi connectivity index (χ0n) is 17.8. The SMILES string of the molecule is Cc1cccc(NC2=C(c3ccc(Cl)cc3)C(=O)N(CCc3ccc(F)cc3)C2=O)c1C. The van der Waals surface area contributed by atoms with Crippen LogP contribution in [-0.4, -0.2) is 23.3 Å². The van der Waals surface area contributed by atoms with E-state index in [-0.39, 0.29) is 29.9 Å². The lowest BCUT2D eigenvalue weighted by atomic mass is 10.0. The van der Waals surface area contributed by atoms with Crippen LogP contribution in [0.4, 0.5) is 10.1 Å². The minimum absolute atomic E-state index is 0.193. The van der Waals surface area contributed by atoms with Crippen molar-refractivity contribution in [2.24, 2.45) is 0 Å². The molecular weight excluding hydrogens is 427 g/mol. The van der Waals surface area contributed by atoms with Gasteiger partial charge in [0, 0.05) is 17.3 Å². The van der Waals surface area contributed by atoms with Crippen molar-refractivity contribution in [1.29, 1.82) is 0 Å². The standard InChI is InChI=1S/C26H22ClFN2O2/c1-16-4-3-5-22(17(16)2)29-24-23(19-8-10-20(27)11-9-19)25(31)30(26(24)32)15-14-18-6-12-21(28)13-7-18/h3-13,29H,14-15H2,1-2H3. The number of hydrogen-bond acceptors (Lipinski definition) is 3. The van der Waals surface area contributed by atoms with Crippen LogP contribution in [-0.2, 0) is 16.0 Å². The van der Waals surface area contributed by atoms with Gasteiger partial charge in [0.1, 0.15) is 11.5 Å². The van der Waals surface area contributed by atoms with Crippen molar-refractivity contribution in [3.8, 4) is 0 Å². The van der Waals surface area contributed by atoms with Crippen LogP contribution in [0.1, 0.15) is 22.3 Å². The predicted octanol–water partition coefficient (Wildman–Crippen LogP) is 5.53. The van der Waals surface area contributed by atoms with E-state index < -0.39 is 0 Å². The lowest BCUT2D eigenvalue weighted by Gasteiger charge is -2.16. The Labute approximate surface area is 191 Å². The van der Waals surface area contributed by atoms with Gasteiger partial charge in [-0.15, -0.1) is 0 Å². The molecule has 0 spiro atoms. The van der Waals surface area contributed by atoms with Gasteiger partial charge in [0.25, 0.3) is 11.8 Å². The number of nitrogens with one attached hydrogen (secondary N) is 1. The number of rotatable bonds is 6. The lowest BCUT2D eigenvalue weighted by molar-refractivity contribution is -0.136. The van der Waals surface area contributed by atoms with Gasteiger partial charge >= 0.3 is 0 Å². The first-order valence-corrected chi connectivity index (χ1v) is 10.7. The molecule has 0 aromatic heterocycles. The van der Waals surface area contributed by atoms with Crippen LogP contribution in [0, 0.1) is 19.7 Å². The topological polar surface area (TPSA) is 49.4 Å². The van der Waals surface area contributed by atoms with E-state index in [1.165, 1.54) is 17.0 Å². The van der Waals surface area contributed by atoms with E-state index in [1.807, 2.05) is 32.0 Å². The molecule has 32 heavy (non-hydrogen) atoms. The van der Waals surface area contributed by atoms with Gasteiger partial charge in [-0.1, -0.05) is 48.0 Å². The zero-order chi connectivity index (χ0) is 22.8. The fraction of sp³-hybridized carbons (Fsp3) is 0.154. The van der Waals surface area contributed by atoms with E-state index in [9.17, 15) is 14.0 Å². The summed E-state index contributed by atoms with van der Waals surface area (Å²) in [5, 5.41) is 3.76. The van der Waals surface area contributed by atoms with Gasteiger partial charge in [-0.05, 0) is 72.9 Å². The van der Waals surface area contributed by atoms with Gasteiger partial charge in [0.15, 0.2) is 0 Å². The van der Waals surface area contributed by atoms with E-state index in [0.717, 1.165) is 22.4 Å². The summed E-state index contributed by atoms with van der Waals surface area (Å²) in [5.74, 6) is -1.08. The number of aryl methyl sites for hydroxylation is 1. The molecule has 0 fully saturated rings. The number of halogens is 2. The maximum atomic E-state index is 13.3. The lowest BCUT2D eigenvalue weighted by Crippen LogP contribution is -2.34. The van der Waals surface area contributed by atoms with Crippen molar-refractivity contribution >= 4 is 34.7 Å². The third-order valence-corrected chi connectivity index (χ3v) is 5.95. The quantitative estimate of drug-likeness (QED) is 0.504. The summed E-state index contributed by atoms with van der Waals surface area (Å²) in [5.41, 5.74) is 4.86. The molecular formula is C26H22ClFN2O2. The molecule has 0 aliphatic carbocycles. The molecule has 4 rings (SSSR count). The monoisotopic (exact) mass is 448 g/mol. The number of carbonyl (C=O) groups excluding carboxylic acids is 2. The normalized spacial score (nSPS) is 13.8. The zero-order valence-corrected chi connectivity index (χ0v) is 18.5. The van der Waals surface area contributed by atoms with Crippen LogP contribution in [0.5, 0.6) is 0 Å². The van der Waals surface area contributed by atoms with Gasteiger partial charge in [-0.25, -0.2) is 4.39 Å². The molecule has 0 radical (unpaired) electrons. The Morgan fingerprint density at radius 2 is 1.59 bits per heavy atom. The molecule has 0 unspecified atom stereocenters. The Balaban J connectivity index is 1.68. The molecule has 4 nitrogen and oxygen atoms in total. The van der Waals surface area contributed by atoms with Crippen molar-refractivity contribution in [2.45, 2.75) is 20.3 Å². The number of imide groups is 1. The molecule has 6 heteroatoms. The highest BCUT2D eigenvalue weighted by atomic mass is 35.5. The summed E-state index contributed by atoms with van der Waals surface area (Å²) >= 11 is 6.02. The fourth-order valence-corrected chi connectivity index (χ4v) is 3.82. The molecule has 1 N–H and O–H groups in total.